The van der Waals surface area contributed by atoms with E-state index in [9.17, 15) is 14.0 Å². The van der Waals surface area contributed by atoms with Crippen LogP contribution in [0.1, 0.15) is 11.3 Å². The molecule has 4 rings (SSSR count). The van der Waals surface area contributed by atoms with Gasteiger partial charge in [-0.2, -0.15) is 0 Å². The molecule has 6 nitrogen and oxygen atoms in total. The standard InChI is InChI=1S/C19H14FN3O3/c20-14-7-5-13(6-8-14)11-22-16-4-1-9-21-17(16)18(24)23(19(22)25)12-15-3-2-10-26-15/h1-10H,11-12H2. The first-order valence-electron chi connectivity index (χ1n) is 7.98. The monoisotopic (exact) mass is 351 g/mol. The Morgan fingerprint density at radius 3 is 2.50 bits per heavy atom. The average molecular weight is 351 g/mol. The second-order valence-electron chi connectivity index (χ2n) is 5.84. The zero-order valence-corrected chi connectivity index (χ0v) is 13.6. The third-order valence-electron chi connectivity index (χ3n) is 4.13. The highest BCUT2D eigenvalue weighted by Gasteiger charge is 2.15. The van der Waals surface area contributed by atoms with Crippen molar-refractivity contribution in [3.05, 3.63) is 99.0 Å². The summed E-state index contributed by atoms with van der Waals surface area (Å²) in [6.07, 6.45) is 2.99. The predicted molar refractivity (Wildman–Crippen MR) is 93.6 cm³/mol. The zero-order chi connectivity index (χ0) is 18.1. The van der Waals surface area contributed by atoms with E-state index in [1.165, 1.54) is 29.2 Å². The molecule has 7 heteroatoms. The Kier molecular flexibility index (Phi) is 3.96. The molecule has 4 aromatic rings. The maximum atomic E-state index is 13.2. The van der Waals surface area contributed by atoms with Gasteiger partial charge in [-0.3, -0.25) is 13.9 Å². The summed E-state index contributed by atoms with van der Waals surface area (Å²) < 4.78 is 21.0. The van der Waals surface area contributed by atoms with E-state index in [1.54, 1.807) is 36.4 Å². The molecule has 26 heavy (non-hydrogen) atoms. The van der Waals surface area contributed by atoms with Crippen LogP contribution in [0.25, 0.3) is 11.0 Å². The topological polar surface area (TPSA) is 70.0 Å². The summed E-state index contributed by atoms with van der Waals surface area (Å²) in [4.78, 5) is 29.8. The van der Waals surface area contributed by atoms with Crippen LogP contribution < -0.4 is 11.2 Å². The van der Waals surface area contributed by atoms with Crippen LogP contribution in [0.5, 0.6) is 0 Å². The van der Waals surface area contributed by atoms with Gasteiger partial charge in [0, 0.05) is 6.20 Å². The van der Waals surface area contributed by atoms with Gasteiger partial charge in [0.25, 0.3) is 5.56 Å². The van der Waals surface area contributed by atoms with Gasteiger partial charge in [0.1, 0.15) is 11.6 Å². The van der Waals surface area contributed by atoms with Crippen molar-refractivity contribution in [3.8, 4) is 0 Å². The summed E-state index contributed by atoms with van der Waals surface area (Å²) in [6, 6.07) is 12.6. The maximum Gasteiger partial charge on any atom is 0.332 e. The van der Waals surface area contributed by atoms with E-state index in [0.29, 0.717) is 11.3 Å². The van der Waals surface area contributed by atoms with Crippen LogP contribution in [0.2, 0.25) is 0 Å². The fraction of sp³-hybridized carbons (Fsp3) is 0.105. The number of benzene rings is 1. The number of furan rings is 1. The minimum atomic E-state index is -0.476. The molecule has 0 saturated carbocycles. The molecule has 0 amide bonds. The number of halogens is 1. The second kappa shape index (κ2) is 6.44. The Balaban J connectivity index is 1.91. The molecule has 0 aliphatic heterocycles. The Bertz CT molecular complexity index is 1180. The summed E-state index contributed by atoms with van der Waals surface area (Å²) in [5, 5.41) is 0. The molecule has 0 fully saturated rings. The van der Waals surface area contributed by atoms with Crippen LogP contribution in [-0.4, -0.2) is 14.1 Å². The predicted octanol–water partition coefficient (Wildman–Crippen LogP) is 2.39. The zero-order valence-electron chi connectivity index (χ0n) is 13.6. The Morgan fingerprint density at radius 1 is 0.962 bits per heavy atom. The summed E-state index contributed by atoms with van der Waals surface area (Å²) >= 11 is 0. The van der Waals surface area contributed by atoms with E-state index in [-0.39, 0.29) is 24.4 Å². The molecule has 3 heterocycles. The third-order valence-corrected chi connectivity index (χ3v) is 4.13. The van der Waals surface area contributed by atoms with Crippen LogP contribution >= 0.6 is 0 Å². The first-order chi connectivity index (χ1) is 12.6. The third kappa shape index (κ3) is 2.83. The van der Waals surface area contributed by atoms with Gasteiger partial charge in [-0.15, -0.1) is 0 Å². The van der Waals surface area contributed by atoms with Crippen molar-refractivity contribution in [1.82, 2.24) is 14.1 Å². The van der Waals surface area contributed by atoms with Gasteiger partial charge >= 0.3 is 5.69 Å². The molecule has 0 saturated heterocycles. The molecule has 0 bridgehead atoms. The fourth-order valence-corrected chi connectivity index (χ4v) is 2.87. The smallest absolute Gasteiger partial charge is 0.332 e. The van der Waals surface area contributed by atoms with Crippen molar-refractivity contribution >= 4 is 11.0 Å². The minimum Gasteiger partial charge on any atom is -0.467 e. The Morgan fingerprint density at radius 2 is 1.77 bits per heavy atom. The van der Waals surface area contributed by atoms with Crippen molar-refractivity contribution in [2.45, 2.75) is 13.1 Å². The quantitative estimate of drug-likeness (QED) is 0.566. The normalized spacial score (nSPS) is 11.1. The SMILES string of the molecule is O=c1c2ncccc2n(Cc2ccc(F)cc2)c(=O)n1Cc1ccco1. The van der Waals surface area contributed by atoms with Gasteiger partial charge < -0.3 is 4.42 Å². The highest BCUT2D eigenvalue weighted by atomic mass is 19.1. The van der Waals surface area contributed by atoms with E-state index in [0.717, 1.165) is 10.1 Å². The van der Waals surface area contributed by atoms with Gasteiger partial charge in [0.2, 0.25) is 0 Å². The van der Waals surface area contributed by atoms with Crippen LogP contribution in [0.15, 0.2) is 75.0 Å². The summed E-state index contributed by atoms with van der Waals surface area (Å²) in [5.41, 5.74) is 0.415. The molecule has 3 aromatic heterocycles. The van der Waals surface area contributed by atoms with E-state index < -0.39 is 11.2 Å². The van der Waals surface area contributed by atoms with Crippen molar-refractivity contribution in [2.24, 2.45) is 0 Å². The van der Waals surface area contributed by atoms with E-state index in [2.05, 4.69) is 4.98 Å². The lowest BCUT2D eigenvalue weighted by atomic mass is 10.2. The number of nitrogens with zero attached hydrogens (tertiary/aromatic N) is 3. The maximum absolute atomic E-state index is 13.2. The van der Waals surface area contributed by atoms with E-state index >= 15 is 0 Å². The Labute approximate surface area is 146 Å². The summed E-state index contributed by atoms with van der Waals surface area (Å²) in [6.45, 7) is 0.209. The molecular formula is C19H14FN3O3. The molecule has 0 atom stereocenters. The first-order valence-corrected chi connectivity index (χ1v) is 7.98. The van der Waals surface area contributed by atoms with Crippen LogP contribution in [0.4, 0.5) is 4.39 Å². The molecule has 0 radical (unpaired) electrons. The van der Waals surface area contributed by atoms with Crippen molar-refractivity contribution in [3.63, 3.8) is 0 Å². The summed E-state index contributed by atoms with van der Waals surface area (Å²) in [5.74, 6) is 0.142. The molecule has 130 valence electrons. The fourth-order valence-electron chi connectivity index (χ4n) is 2.87. The number of pyridine rings is 1. The number of rotatable bonds is 4. The molecule has 0 aliphatic rings. The highest BCUT2D eigenvalue weighted by Crippen LogP contribution is 2.10. The van der Waals surface area contributed by atoms with E-state index in [1.807, 2.05) is 0 Å². The van der Waals surface area contributed by atoms with E-state index in [4.69, 9.17) is 4.42 Å². The molecule has 1 aromatic carbocycles. The molecule has 0 aliphatic carbocycles. The summed E-state index contributed by atoms with van der Waals surface area (Å²) in [7, 11) is 0. The first kappa shape index (κ1) is 16.0. The molecular weight excluding hydrogens is 337 g/mol. The lowest BCUT2D eigenvalue weighted by Crippen LogP contribution is -2.40. The van der Waals surface area contributed by atoms with Crippen molar-refractivity contribution in [2.75, 3.05) is 0 Å². The Hall–Kier alpha value is -3.48. The molecule has 0 unspecified atom stereocenters. The largest absolute Gasteiger partial charge is 0.467 e. The lowest BCUT2D eigenvalue weighted by Gasteiger charge is -2.13. The van der Waals surface area contributed by atoms with Crippen LogP contribution in [-0.2, 0) is 13.1 Å². The van der Waals surface area contributed by atoms with Crippen molar-refractivity contribution in [1.29, 1.82) is 0 Å². The van der Waals surface area contributed by atoms with Crippen LogP contribution in [0, 0.1) is 5.82 Å². The lowest BCUT2D eigenvalue weighted by molar-refractivity contribution is 0.479. The number of aromatic nitrogens is 3. The van der Waals surface area contributed by atoms with Gasteiger partial charge in [0.15, 0.2) is 5.52 Å². The number of hydrogen-bond acceptors (Lipinski definition) is 4. The van der Waals surface area contributed by atoms with Crippen molar-refractivity contribution < 1.29 is 8.81 Å². The highest BCUT2D eigenvalue weighted by molar-refractivity contribution is 5.73. The second-order valence-corrected chi connectivity index (χ2v) is 5.84. The van der Waals surface area contributed by atoms with Crippen LogP contribution in [0.3, 0.4) is 0 Å². The minimum absolute atomic E-state index is 0.0145. The number of hydrogen-bond donors (Lipinski definition) is 0. The van der Waals surface area contributed by atoms with Gasteiger partial charge in [-0.25, -0.2) is 14.2 Å². The molecule has 0 spiro atoms. The average Bonchev–Trinajstić information content (AvgIpc) is 3.17. The van der Waals surface area contributed by atoms with Gasteiger partial charge in [-0.1, -0.05) is 12.1 Å². The number of fused-ring (bicyclic) bond motifs is 1. The van der Waals surface area contributed by atoms with Gasteiger partial charge in [0.05, 0.1) is 24.9 Å². The molecule has 0 N–H and O–H groups in total. The van der Waals surface area contributed by atoms with Gasteiger partial charge in [-0.05, 0) is 42.0 Å².